The zero-order valence-corrected chi connectivity index (χ0v) is 12.2. The van der Waals surface area contributed by atoms with E-state index < -0.39 is 45.8 Å². The quantitative estimate of drug-likeness (QED) is 0.580. The lowest BCUT2D eigenvalue weighted by Crippen LogP contribution is -2.40. The maximum absolute atomic E-state index is 13.0. The molecular formula is C10H9BrF5NO2S. The summed E-state index contributed by atoms with van der Waals surface area (Å²) in [7, 11) is -4.56. The van der Waals surface area contributed by atoms with Gasteiger partial charge in [-0.15, -0.1) is 0 Å². The highest BCUT2D eigenvalue weighted by atomic mass is 79.9. The van der Waals surface area contributed by atoms with Gasteiger partial charge in [0.25, 0.3) is 0 Å². The van der Waals surface area contributed by atoms with Crippen LogP contribution in [0.5, 0.6) is 0 Å². The molecule has 0 fully saturated rings. The van der Waals surface area contributed by atoms with Crippen LogP contribution in [0.1, 0.15) is 0 Å². The third-order valence-corrected chi connectivity index (χ3v) is 4.41. The van der Waals surface area contributed by atoms with E-state index >= 15 is 0 Å². The van der Waals surface area contributed by atoms with Gasteiger partial charge in [0, 0.05) is 11.9 Å². The Balaban J connectivity index is 3.18. The van der Waals surface area contributed by atoms with Crippen LogP contribution in [-0.2, 0) is 10.0 Å². The number of sulfonamides is 1. The zero-order valence-electron chi connectivity index (χ0n) is 9.79. The lowest BCUT2D eigenvalue weighted by Gasteiger charge is -2.22. The van der Waals surface area contributed by atoms with Gasteiger partial charge < -0.3 is 0 Å². The van der Waals surface area contributed by atoms with Gasteiger partial charge in [0.1, 0.15) is 6.54 Å². The summed E-state index contributed by atoms with van der Waals surface area (Å²) in [6.45, 7) is -2.17. The average Bonchev–Trinajstić information content (AvgIpc) is 2.30. The molecular weight excluding hydrogens is 373 g/mol. The summed E-state index contributed by atoms with van der Waals surface area (Å²) in [6, 6.07) is 1.61. The first-order valence-electron chi connectivity index (χ1n) is 5.16. The van der Waals surface area contributed by atoms with E-state index in [-0.39, 0.29) is 9.64 Å². The Morgan fingerprint density at radius 1 is 1.15 bits per heavy atom. The van der Waals surface area contributed by atoms with Gasteiger partial charge in [-0.1, -0.05) is 15.9 Å². The predicted molar refractivity (Wildman–Crippen MR) is 65.0 cm³/mol. The SMILES string of the molecule is O=S(=O)(c1ccc(F)c(F)c1)N(CCBr)CC(F)(F)F. The molecule has 1 aromatic rings. The molecule has 1 rings (SSSR count). The van der Waals surface area contributed by atoms with Crippen molar-refractivity contribution in [1.82, 2.24) is 4.31 Å². The molecule has 20 heavy (non-hydrogen) atoms. The molecule has 0 aliphatic carbocycles. The zero-order chi connectivity index (χ0) is 15.6. The van der Waals surface area contributed by atoms with Gasteiger partial charge in [0.2, 0.25) is 10.0 Å². The number of hydrogen-bond donors (Lipinski definition) is 0. The Labute approximate surface area is 120 Å². The van der Waals surface area contributed by atoms with Crippen LogP contribution in [0.15, 0.2) is 23.1 Å². The molecule has 0 saturated carbocycles. The monoisotopic (exact) mass is 381 g/mol. The molecule has 114 valence electrons. The fourth-order valence-corrected chi connectivity index (χ4v) is 3.47. The molecule has 10 heteroatoms. The Morgan fingerprint density at radius 2 is 1.75 bits per heavy atom. The first-order valence-corrected chi connectivity index (χ1v) is 7.72. The van der Waals surface area contributed by atoms with Gasteiger partial charge in [-0.25, -0.2) is 17.2 Å². The van der Waals surface area contributed by atoms with E-state index in [4.69, 9.17) is 0 Å². The Bertz CT molecular complexity index is 576. The summed E-state index contributed by atoms with van der Waals surface area (Å²) >= 11 is 2.84. The minimum atomic E-state index is -4.74. The highest BCUT2D eigenvalue weighted by Crippen LogP contribution is 2.23. The van der Waals surface area contributed by atoms with Crippen molar-refractivity contribution >= 4 is 26.0 Å². The molecule has 3 nitrogen and oxygen atoms in total. The van der Waals surface area contributed by atoms with Crippen molar-refractivity contribution in [3.63, 3.8) is 0 Å². The Kier molecular flexibility index (Phi) is 5.50. The largest absolute Gasteiger partial charge is 0.402 e. The van der Waals surface area contributed by atoms with Crippen LogP contribution >= 0.6 is 15.9 Å². The van der Waals surface area contributed by atoms with Gasteiger partial charge in [0.05, 0.1) is 4.90 Å². The molecule has 0 aliphatic rings. The fraction of sp³-hybridized carbons (Fsp3) is 0.400. The molecule has 1 aromatic carbocycles. The fourth-order valence-electron chi connectivity index (χ4n) is 1.36. The van der Waals surface area contributed by atoms with E-state index in [1.54, 1.807) is 0 Å². The number of benzene rings is 1. The van der Waals surface area contributed by atoms with Crippen LogP contribution < -0.4 is 0 Å². The van der Waals surface area contributed by atoms with Gasteiger partial charge in [-0.2, -0.15) is 17.5 Å². The van der Waals surface area contributed by atoms with Crippen LogP contribution in [0, 0.1) is 11.6 Å². The van der Waals surface area contributed by atoms with E-state index in [0.29, 0.717) is 18.2 Å². The summed E-state index contributed by atoms with van der Waals surface area (Å²) < 4.78 is 86.9. The second-order valence-electron chi connectivity index (χ2n) is 3.72. The molecule has 0 amide bonds. The number of nitrogens with zero attached hydrogens (tertiary/aromatic N) is 1. The minimum absolute atomic E-state index is 0.0357. The lowest BCUT2D eigenvalue weighted by atomic mass is 10.3. The smallest absolute Gasteiger partial charge is 0.207 e. The standard InChI is InChI=1S/C10H9BrF5NO2S/c11-3-4-17(6-10(14,15)16)20(18,19)7-1-2-8(12)9(13)5-7/h1-2,5H,3-4,6H2. The molecule has 0 heterocycles. The van der Waals surface area contributed by atoms with E-state index in [0.717, 1.165) is 0 Å². The second kappa shape index (κ2) is 6.35. The topological polar surface area (TPSA) is 37.4 Å². The predicted octanol–water partition coefficient (Wildman–Crippen LogP) is 2.91. The number of rotatable bonds is 5. The summed E-state index contributed by atoms with van der Waals surface area (Å²) in [5.41, 5.74) is 0. The second-order valence-corrected chi connectivity index (χ2v) is 6.45. The number of hydrogen-bond acceptors (Lipinski definition) is 2. The van der Waals surface area contributed by atoms with Crippen LogP contribution in [0.25, 0.3) is 0 Å². The van der Waals surface area contributed by atoms with Gasteiger partial charge >= 0.3 is 6.18 Å². The third-order valence-electron chi connectivity index (χ3n) is 2.22. The van der Waals surface area contributed by atoms with Crippen LogP contribution in [0.3, 0.4) is 0 Å². The first kappa shape index (κ1) is 17.3. The number of halogens is 6. The van der Waals surface area contributed by atoms with Crippen molar-refractivity contribution in [3.05, 3.63) is 29.8 Å². The van der Waals surface area contributed by atoms with Crippen molar-refractivity contribution in [2.75, 3.05) is 18.4 Å². The summed E-state index contributed by atoms with van der Waals surface area (Å²) in [4.78, 5) is -0.735. The van der Waals surface area contributed by atoms with Crippen LogP contribution in [0.4, 0.5) is 22.0 Å². The molecule has 0 atom stereocenters. The molecule has 0 aromatic heterocycles. The van der Waals surface area contributed by atoms with Gasteiger partial charge in [0.15, 0.2) is 11.6 Å². The molecule has 0 saturated heterocycles. The van der Waals surface area contributed by atoms with E-state index in [1.807, 2.05) is 0 Å². The summed E-state index contributed by atoms with van der Waals surface area (Å²) in [5, 5.41) is -0.0357. The van der Waals surface area contributed by atoms with Crippen molar-refractivity contribution in [3.8, 4) is 0 Å². The van der Waals surface area contributed by atoms with Crippen molar-refractivity contribution < 1.29 is 30.4 Å². The van der Waals surface area contributed by atoms with Crippen molar-refractivity contribution in [2.45, 2.75) is 11.1 Å². The normalized spacial score (nSPS) is 12.9. The molecule has 0 unspecified atom stereocenters. The minimum Gasteiger partial charge on any atom is -0.207 e. The summed E-state index contributed by atoms with van der Waals surface area (Å²) in [5.74, 6) is -2.73. The number of alkyl halides is 4. The average molecular weight is 382 g/mol. The van der Waals surface area contributed by atoms with Gasteiger partial charge in [-0.05, 0) is 18.2 Å². The van der Waals surface area contributed by atoms with E-state index in [9.17, 15) is 30.4 Å². The third kappa shape index (κ3) is 4.38. The maximum Gasteiger partial charge on any atom is 0.402 e. The Hall–Kier alpha value is -0.740. The summed E-state index contributed by atoms with van der Waals surface area (Å²) in [6.07, 6.45) is -4.74. The first-order chi connectivity index (χ1) is 9.08. The van der Waals surface area contributed by atoms with Crippen LogP contribution in [0.2, 0.25) is 0 Å². The van der Waals surface area contributed by atoms with Crippen molar-refractivity contribution in [2.24, 2.45) is 0 Å². The highest BCUT2D eigenvalue weighted by Gasteiger charge is 2.36. The molecule has 0 radical (unpaired) electrons. The Morgan fingerprint density at radius 3 is 2.20 bits per heavy atom. The molecule has 0 bridgehead atoms. The lowest BCUT2D eigenvalue weighted by molar-refractivity contribution is -0.135. The molecule has 0 spiro atoms. The highest BCUT2D eigenvalue weighted by molar-refractivity contribution is 9.09. The maximum atomic E-state index is 13.0. The molecule has 0 aliphatic heterocycles. The van der Waals surface area contributed by atoms with Crippen molar-refractivity contribution in [1.29, 1.82) is 0 Å². The van der Waals surface area contributed by atoms with Crippen LogP contribution in [-0.4, -0.2) is 37.3 Å². The molecule has 0 N–H and O–H groups in total. The van der Waals surface area contributed by atoms with E-state index in [1.165, 1.54) is 0 Å². The van der Waals surface area contributed by atoms with E-state index in [2.05, 4.69) is 15.9 Å². The van der Waals surface area contributed by atoms with Gasteiger partial charge in [-0.3, -0.25) is 0 Å².